The van der Waals surface area contributed by atoms with Gasteiger partial charge >= 0.3 is 0 Å². The van der Waals surface area contributed by atoms with Crippen molar-refractivity contribution in [3.05, 3.63) is 63.1 Å². The minimum absolute atomic E-state index is 0.106. The van der Waals surface area contributed by atoms with Crippen molar-refractivity contribution in [1.29, 1.82) is 0 Å². The van der Waals surface area contributed by atoms with Gasteiger partial charge < -0.3 is 0 Å². The molecule has 0 radical (unpaired) electrons. The van der Waals surface area contributed by atoms with E-state index < -0.39 is 0 Å². The highest BCUT2D eigenvalue weighted by atomic mass is 16.1. The summed E-state index contributed by atoms with van der Waals surface area (Å²) in [6, 6.07) is 10.3. The molecule has 0 aliphatic rings. The fraction of sp³-hybridized carbons (Fsp3) is 0.375. The van der Waals surface area contributed by atoms with Gasteiger partial charge in [0.25, 0.3) is 5.56 Å². The lowest BCUT2D eigenvalue weighted by atomic mass is 9.86. The third-order valence-electron chi connectivity index (χ3n) is 3.22. The van der Waals surface area contributed by atoms with E-state index in [-0.39, 0.29) is 11.0 Å². The first-order valence-electron chi connectivity index (χ1n) is 6.51. The Hall–Kier alpha value is -1.90. The number of hydrogen-bond donors (Lipinski definition) is 1. The number of benzene rings is 1. The summed E-state index contributed by atoms with van der Waals surface area (Å²) in [5.41, 5.74) is 4.09. The normalized spacial score (nSPS) is 11.6. The maximum absolute atomic E-state index is 11.7. The second-order valence-electron chi connectivity index (χ2n) is 5.99. The Labute approximate surface area is 113 Å². The first-order valence-corrected chi connectivity index (χ1v) is 6.51. The van der Waals surface area contributed by atoms with Gasteiger partial charge in [-0.25, -0.2) is 5.10 Å². The summed E-state index contributed by atoms with van der Waals surface area (Å²) >= 11 is 0. The maximum atomic E-state index is 11.7. The van der Waals surface area contributed by atoms with E-state index in [4.69, 9.17) is 0 Å². The third kappa shape index (κ3) is 3.31. The lowest BCUT2D eigenvalue weighted by Gasteiger charge is -2.19. The fourth-order valence-corrected chi connectivity index (χ4v) is 2.03. The van der Waals surface area contributed by atoms with E-state index in [1.54, 1.807) is 0 Å². The molecule has 0 saturated heterocycles. The van der Waals surface area contributed by atoms with Gasteiger partial charge in [-0.1, -0.05) is 45.0 Å². The Morgan fingerprint density at radius 2 is 1.79 bits per heavy atom. The Bertz CT molecular complexity index is 618. The molecule has 0 spiro atoms. The molecule has 0 atom stereocenters. The van der Waals surface area contributed by atoms with Gasteiger partial charge in [-0.2, -0.15) is 5.10 Å². The zero-order chi connectivity index (χ0) is 14.0. The number of aromatic nitrogens is 2. The lowest BCUT2D eigenvalue weighted by Crippen LogP contribution is -2.15. The van der Waals surface area contributed by atoms with Crippen molar-refractivity contribution in [2.75, 3.05) is 0 Å². The lowest BCUT2D eigenvalue weighted by molar-refractivity contribution is 0.590. The van der Waals surface area contributed by atoms with Crippen molar-refractivity contribution in [1.82, 2.24) is 10.2 Å². The summed E-state index contributed by atoms with van der Waals surface area (Å²) in [6.07, 6.45) is 0.642. The molecule has 19 heavy (non-hydrogen) atoms. The SMILES string of the molecule is Cc1cc(Cc2ccc(C(C)(C)C)cc2)c(=O)[nH]n1. The van der Waals surface area contributed by atoms with Crippen molar-refractivity contribution in [3.63, 3.8) is 0 Å². The van der Waals surface area contributed by atoms with Gasteiger partial charge in [-0.05, 0) is 29.5 Å². The van der Waals surface area contributed by atoms with Gasteiger partial charge in [0.05, 0.1) is 5.69 Å². The van der Waals surface area contributed by atoms with E-state index in [1.165, 1.54) is 5.56 Å². The molecule has 1 N–H and O–H groups in total. The molecule has 0 unspecified atom stereocenters. The molecule has 1 aromatic heterocycles. The quantitative estimate of drug-likeness (QED) is 0.898. The topological polar surface area (TPSA) is 45.8 Å². The van der Waals surface area contributed by atoms with Crippen LogP contribution in [-0.4, -0.2) is 10.2 Å². The summed E-state index contributed by atoms with van der Waals surface area (Å²) < 4.78 is 0. The molecule has 0 bridgehead atoms. The van der Waals surface area contributed by atoms with Crippen molar-refractivity contribution in [2.24, 2.45) is 0 Å². The molecule has 0 fully saturated rings. The molecular formula is C16H20N2O. The first kappa shape index (κ1) is 13.5. The number of aromatic amines is 1. The Kier molecular flexibility index (Phi) is 3.56. The summed E-state index contributed by atoms with van der Waals surface area (Å²) in [7, 11) is 0. The molecule has 3 nitrogen and oxygen atoms in total. The van der Waals surface area contributed by atoms with Gasteiger partial charge in [0.1, 0.15) is 0 Å². The van der Waals surface area contributed by atoms with E-state index in [0.717, 1.165) is 16.8 Å². The van der Waals surface area contributed by atoms with Crippen LogP contribution in [0.3, 0.4) is 0 Å². The highest BCUT2D eigenvalue weighted by molar-refractivity contribution is 5.30. The van der Waals surface area contributed by atoms with Crippen LogP contribution in [0.5, 0.6) is 0 Å². The average molecular weight is 256 g/mol. The smallest absolute Gasteiger partial charge is 0.267 e. The highest BCUT2D eigenvalue weighted by Crippen LogP contribution is 2.22. The van der Waals surface area contributed by atoms with Crippen LogP contribution in [0.25, 0.3) is 0 Å². The van der Waals surface area contributed by atoms with Crippen LogP contribution in [0.2, 0.25) is 0 Å². The predicted molar refractivity (Wildman–Crippen MR) is 77.5 cm³/mol. The van der Waals surface area contributed by atoms with Crippen molar-refractivity contribution < 1.29 is 0 Å². The van der Waals surface area contributed by atoms with Gasteiger partial charge in [-0.15, -0.1) is 0 Å². The van der Waals surface area contributed by atoms with E-state index in [9.17, 15) is 4.79 Å². The zero-order valence-electron chi connectivity index (χ0n) is 11.9. The van der Waals surface area contributed by atoms with E-state index in [2.05, 4.69) is 55.2 Å². The molecule has 1 heterocycles. The first-order chi connectivity index (χ1) is 8.86. The highest BCUT2D eigenvalue weighted by Gasteiger charge is 2.13. The molecular weight excluding hydrogens is 236 g/mol. The van der Waals surface area contributed by atoms with Crippen LogP contribution in [-0.2, 0) is 11.8 Å². The number of rotatable bonds is 2. The van der Waals surface area contributed by atoms with E-state index in [1.807, 2.05) is 13.0 Å². The van der Waals surface area contributed by atoms with Gasteiger partial charge in [0.15, 0.2) is 0 Å². The van der Waals surface area contributed by atoms with Crippen LogP contribution in [0.1, 0.15) is 43.2 Å². The van der Waals surface area contributed by atoms with Gasteiger partial charge in [0.2, 0.25) is 0 Å². The van der Waals surface area contributed by atoms with Crippen LogP contribution >= 0.6 is 0 Å². The van der Waals surface area contributed by atoms with Crippen molar-refractivity contribution in [2.45, 2.75) is 39.5 Å². The molecule has 0 aliphatic heterocycles. The van der Waals surface area contributed by atoms with Crippen molar-refractivity contribution in [3.8, 4) is 0 Å². The second-order valence-corrected chi connectivity index (χ2v) is 5.99. The van der Waals surface area contributed by atoms with Crippen molar-refractivity contribution >= 4 is 0 Å². The van der Waals surface area contributed by atoms with Crippen LogP contribution < -0.4 is 5.56 Å². The number of hydrogen-bond acceptors (Lipinski definition) is 2. The molecule has 3 heteroatoms. The van der Waals surface area contributed by atoms with Crippen LogP contribution in [0, 0.1) is 6.92 Å². The zero-order valence-corrected chi connectivity index (χ0v) is 11.9. The van der Waals surface area contributed by atoms with E-state index in [0.29, 0.717) is 6.42 Å². The summed E-state index contributed by atoms with van der Waals surface area (Å²) in [4.78, 5) is 11.7. The number of nitrogens with zero attached hydrogens (tertiary/aromatic N) is 1. The molecule has 2 aromatic rings. The standard InChI is InChI=1S/C16H20N2O/c1-11-9-13(15(19)18-17-11)10-12-5-7-14(8-6-12)16(2,3)4/h5-9H,10H2,1-4H3,(H,18,19). The Balaban J connectivity index is 2.25. The largest absolute Gasteiger partial charge is 0.268 e. The molecule has 100 valence electrons. The summed E-state index contributed by atoms with van der Waals surface area (Å²) in [5.74, 6) is 0. The summed E-state index contributed by atoms with van der Waals surface area (Å²) in [6.45, 7) is 8.46. The molecule has 0 saturated carbocycles. The number of aryl methyl sites for hydroxylation is 1. The van der Waals surface area contributed by atoms with Crippen LogP contribution in [0.4, 0.5) is 0 Å². The van der Waals surface area contributed by atoms with Gasteiger partial charge in [-0.3, -0.25) is 4.79 Å². The molecule has 1 aromatic carbocycles. The third-order valence-corrected chi connectivity index (χ3v) is 3.22. The second kappa shape index (κ2) is 5.00. The van der Waals surface area contributed by atoms with Gasteiger partial charge in [0, 0.05) is 12.0 Å². The molecule has 0 aliphatic carbocycles. The monoisotopic (exact) mass is 256 g/mol. The van der Waals surface area contributed by atoms with Crippen LogP contribution in [0.15, 0.2) is 35.1 Å². The average Bonchev–Trinajstić information content (AvgIpc) is 2.33. The summed E-state index contributed by atoms with van der Waals surface area (Å²) in [5, 5.41) is 6.41. The number of nitrogens with one attached hydrogen (secondary N) is 1. The fourth-order valence-electron chi connectivity index (χ4n) is 2.03. The minimum Gasteiger partial charge on any atom is -0.268 e. The molecule has 0 amide bonds. The van der Waals surface area contributed by atoms with E-state index >= 15 is 0 Å². The minimum atomic E-state index is -0.106. The Morgan fingerprint density at radius 1 is 1.16 bits per heavy atom. The maximum Gasteiger partial charge on any atom is 0.267 e. The molecule has 2 rings (SSSR count). The number of H-pyrrole nitrogens is 1. The predicted octanol–water partition coefficient (Wildman–Crippen LogP) is 2.97. The Morgan fingerprint density at radius 3 is 2.37 bits per heavy atom.